The number of hydrogen-bond acceptors (Lipinski definition) is 4. The van der Waals surface area contributed by atoms with E-state index in [2.05, 4.69) is 9.97 Å². The number of rotatable bonds is 7. The molecule has 2 N–H and O–H groups in total. The zero-order chi connectivity index (χ0) is 24.4. The van der Waals surface area contributed by atoms with E-state index in [1.54, 1.807) is 18.2 Å². The van der Waals surface area contributed by atoms with Crippen molar-refractivity contribution >= 4 is 5.91 Å². The predicted octanol–water partition coefficient (Wildman–Crippen LogP) is 4.91. The number of nitrogens with zero attached hydrogens (tertiary/aromatic N) is 3. The molecule has 0 saturated heterocycles. The van der Waals surface area contributed by atoms with Crippen LogP contribution in [0.4, 0.5) is 8.78 Å². The molecule has 0 atom stereocenters. The highest BCUT2D eigenvalue weighted by molar-refractivity contribution is 5.75. The number of benzene rings is 3. The van der Waals surface area contributed by atoms with Gasteiger partial charge in [0.05, 0.1) is 11.3 Å². The zero-order valence-corrected chi connectivity index (χ0v) is 18.5. The van der Waals surface area contributed by atoms with Gasteiger partial charge in [-0.15, -0.1) is 0 Å². The highest BCUT2D eigenvalue weighted by Crippen LogP contribution is 2.28. The number of ether oxygens (including phenoxy) is 1. The van der Waals surface area contributed by atoms with Crippen molar-refractivity contribution in [3.63, 3.8) is 0 Å². The molecule has 8 heteroatoms. The molecule has 0 spiro atoms. The van der Waals surface area contributed by atoms with E-state index in [9.17, 15) is 13.6 Å². The highest BCUT2D eigenvalue weighted by Gasteiger charge is 2.17. The average Bonchev–Trinajstić information content (AvgIpc) is 3.28. The van der Waals surface area contributed by atoms with Crippen LogP contribution in [0.25, 0.3) is 33.9 Å². The van der Waals surface area contributed by atoms with Crippen LogP contribution in [0.5, 0.6) is 5.75 Å². The van der Waals surface area contributed by atoms with Crippen LogP contribution in [0.3, 0.4) is 0 Å². The lowest BCUT2D eigenvalue weighted by molar-refractivity contribution is -0.119. The minimum absolute atomic E-state index is 0.0378. The second-order valence-corrected chi connectivity index (χ2v) is 8.01. The maximum Gasteiger partial charge on any atom is 0.255 e. The summed E-state index contributed by atoms with van der Waals surface area (Å²) in [7, 11) is 0. The number of carbonyl (C=O) groups is 1. The summed E-state index contributed by atoms with van der Waals surface area (Å²) in [5, 5.41) is 0. The summed E-state index contributed by atoms with van der Waals surface area (Å²) in [4.78, 5) is 19.6. The van der Waals surface area contributed by atoms with Gasteiger partial charge in [-0.2, -0.15) is 0 Å². The van der Waals surface area contributed by atoms with E-state index in [4.69, 9.17) is 10.5 Å². The Balaban J connectivity index is 1.31. The summed E-state index contributed by atoms with van der Waals surface area (Å²) in [6, 6.07) is 21.3. The van der Waals surface area contributed by atoms with Crippen LogP contribution in [0.2, 0.25) is 0 Å². The second kappa shape index (κ2) is 9.34. The zero-order valence-electron chi connectivity index (χ0n) is 18.5. The lowest BCUT2D eigenvalue weighted by atomic mass is 10.0. The Bertz CT molecular complexity index is 1460. The Morgan fingerprint density at radius 3 is 2.29 bits per heavy atom. The molecule has 0 aromatic heterocycles. The van der Waals surface area contributed by atoms with Crippen LogP contribution < -0.4 is 10.5 Å². The summed E-state index contributed by atoms with van der Waals surface area (Å²) >= 11 is 0. The Morgan fingerprint density at radius 1 is 0.886 bits per heavy atom. The first kappa shape index (κ1) is 22.2. The fraction of sp³-hybridized carbons (Fsp3) is 0.0741. The van der Waals surface area contributed by atoms with Gasteiger partial charge in [-0.1, -0.05) is 42.5 Å². The van der Waals surface area contributed by atoms with Crippen LogP contribution in [-0.4, -0.2) is 27.0 Å². The van der Waals surface area contributed by atoms with Gasteiger partial charge in [-0.3, -0.25) is 4.79 Å². The van der Waals surface area contributed by atoms with Gasteiger partial charge in [0.15, 0.2) is 24.1 Å². The smallest absolute Gasteiger partial charge is 0.255 e. The van der Waals surface area contributed by atoms with E-state index >= 15 is 0 Å². The molecule has 2 aliphatic rings. The third kappa shape index (κ3) is 4.86. The van der Waals surface area contributed by atoms with Crippen LogP contribution in [0.15, 0.2) is 85.2 Å². The topological polar surface area (TPSA) is 83.0 Å². The Kier molecular flexibility index (Phi) is 5.93. The first-order valence-corrected chi connectivity index (χ1v) is 10.8. The predicted molar refractivity (Wildman–Crippen MR) is 128 cm³/mol. The summed E-state index contributed by atoms with van der Waals surface area (Å²) < 4.78 is 35.0. The number of amides is 1. The molecule has 3 aromatic carbocycles. The number of aromatic nitrogens is 3. The molecule has 0 aliphatic carbocycles. The third-order valence-corrected chi connectivity index (χ3v) is 5.51. The highest BCUT2D eigenvalue weighted by atomic mass is 19.2. The molecule has 0 bridgehead atoms. The van der Waals surface area contributed by atoms with E-state index in [1.807, 2.05) is 53.4 Å². The second-order valence-electron chi connectivity index (χ2n) is 8.01. The minimum atomic E-state index is -0.955. The first-order chi connectivity index (χ1) is 17.0. The number of pyridine rings is 1. The van der Waals surface area contributed by atoms with Crippen molar-refractivity contribution in [1.82, 2.24) is 14.5 Å². The standard InChI is InChI=1S/C27H20F2N4O2/c28-22-3-1-2-21(26(22)29)27-31-23-12-13-33(15-24(23)32-27)14-17-4-6-18(7-5-17)19-8-10-20(11-9-19)35-16-25(30)34/h1-13,15H,14,16H2,(H2,30,34). The summed E-state index contributed by atoms with van der Waals surface area (Å²) in [6.07, 6.45) is 3.71. The Labute approximate surface area is 200 Å². The van der Waals surface area contributed by atoms with Crippen molar-refractivity contribution in [2.24, 2.45) is 5.73 Å². The van der Waals surface area contributed by atoms with Crippen molar-refractivity contribution in [3.8, 4) is 39.7 Å². The van der Waals surface area contributed by atoms with E-state index < -0.39 is 17.5 Å². The average molecular weight is 470 g/mol. The SMILES string of the molecule is NC(=O)COc1ccc(-c2ccc(Cn3ccc4nc(-c5cccc(F)c5F)nc-4c3)cc2)cc1. The van der Waals surface area contributed by atoms with Gasteiger partial charge in [0.1, 0.15) is 11.4 Å². The fourth-order valence-electron chi connectivity index (χ4n) is 3.76. The lowest BCUT2D eigenvalue weighted by Gasteiger charge is -2.10. The minimum Gasteiger partial charge on any atom is -0.484 e. The quantitative estimate of drug-likeness (QED) is 0.367. The Hall–Kier alpha value is -4.59. The van der Waals surface area contributed by atoms with E-state index in [0.29, 0.717) is 23.7 Å². The van der Waals surface area contributed by atoms with Crippen molar-refractivity contribution in [2.45, 2.75) is 6.54 Å². The molecule has 0 saturated carbocycles. The number of imidazole rings is 1. The molecule has 2 heterocycles. The van der Waals surface area contributed by atoms with Gasteiger partial charge in [-0.25, -0.2) is 18.7 Å². The normalized spacial score (nSPS) is 11.0. The van der Waals surface area contributed by atoms with E-state index in [0.717, 1.165) is 22.8 Å². The summed E-state index contributed by atoms with van der Waals surface area (Å²) in [5.74, 6) is -1.67. The van der Waals surface area contributed by atoms with Gasteiger partial charge >= 0.3 is 0 Å². The monoisotopic (exact) mass is 470 g/mol. The van der Waals surface area contributed by atoms with Gasteiger partial charge in [-0.05, 0) is 47.0 Å². The van der Waals surface area contributed by atoms with E-state index in [1.165, 1.54) is 12.1 Å². The van der Waals surface area contributed by atoms with Crippen molar-refractivity contribution < 1.29 is 18.3 Å². The Morgan fingerprint density at radius 2 is 1.57 bits per heavy atom. The largest absolute Gasteiger partial charge is 0.484 e. The number of halogens is 2. The van der Waals surface area contributed by atoms with Crippen molar-refractivity contribution in [2.75, 3.05) is 6.61 Å². The molecule has 6 nitrogen and oxygen atoms in total. The molecule has 0 fully saturated rings. The number of nitrogens with two attached hydrogens (primary N) is 1. The lowest BCUT2D eigenvalue weighted by Crippen LogP contribution is -2.19. The summed E-state index contributed by atoms with van der Waals surface area (Å²) in [6.45, 7) is 0.448. The van der Waals surface area contributed by atoms with E-state index in [-0.39, 0.29) is 18.0 Å². The molecule has 2 aliphatic heterocycles. The van der Waals surface area contributed by atoms with Crippen LogP contribution in [0, 0.1) is 11.6 Å². The van der Waals surface area contributed by atoms with Crippen LogP contribution in [-0.2, 0) is 11.3 Å². The molecule has 5 rings (SSSR count). The molecule has 0 radical (unpaired) electrons. The molecule has 1 amide bonds. The van der Waals surface area contributed by atoms with Crippen molar-refractivity contribution in [3.05, 3.63) is 102 Å². The summed E-state index contributed by atoms with van der Waals surface area (Å²) in [5.41, 5.74) is 9.48. The fourth-order valence-corrected chi connectivity index (χ4v) is 3.76. The third-order valence-electron chi connectivity index (χ3n) is 5.51. The maximum absolute atomic E-state index is 14.1. The van der Waals surface area contributed by atoms with Gasteiger partial charge < -0.3 is 15.0 Å². The van der Waals surface area contributed by atoms with Gasteiger partial charge in [0.25, 0.3) is 5.91 Å². The number of hydrogen-bond donors (Lipinski definition) is 1. The number of fused-ring (bicyclic) bond motifs is 1. The molecule has 35 heavy (non-hydrogen) atoms. The van der Waals surface area contributed by atoms with Crippen LogP contribution >= 0.6 is 0 Å². The number of primary amides is 1. The van der Waals surface area contributed by atoms with Gasteiger partial charge in [0, 0.05) is 18.9 Å². The van der Waals surface area contributed by atoms with Crippen LogP contribution in [0.1, 0.15) is 5.56 Å². The molecule has 174 valence electrons. The molecular formula is C27H20F2N4O2. The van der Waals surface area contributed by atoms with Gasteiger partial charge in [0.2, 0.25) is 0 Å². The molecule has 3 aromatic rings. The molecule has 0 unspecified atom stereocenters. The number of carbonyl (C=O) groups excluding carboxylic acids is 1. The van der Waals surface area contributed by atoms with Crippen molar-refractivity contribution in [1.29, 1.82) is 0 Å². The maximum atomic E-state index is 14.1. The molecular weight excluding hydrogens is 450 g/mol. The first-order valence-electron chi connectivity index (χ1n) is 10.8.